The number of thioether (sulfide) groups is 2. The van der Waals surface area contributed by atoms with Crippen molar-refractivity contribution < 1.29 is 45.4 Å². The Labute approximate surface area is 446 Å². The van der Waals surface area contributed by atoms with Crippen molar-refractivity contribution in [2.45, 2.75) is 87.9 Å². The zero-order valence-electron chi connectivity index (χ0n) is 43.1. The van der Waals surface area contributed by atoms with Crippen molar-refractivity contribution in [1.29, 1.82) is 0 Å². The van der Waals surface area contributed by atoms with Gasteiger partial charge >= 0.3 is 17.8 Å². The third kappa shape index (κ3) is 7.27. The van der Waals surface area contributed by atoms with Crippen LogP contribution in [0.2, 0.25) is 0 Å². The lowest BCUT2D eigenvalue weighted by Gasteiger charge is -2.47. The number of carbonyl (C=O) groups is 2. The molecule has 2 amide bonds. The number of fused-ring (bicyclic) bond motifs is 10. The fraction of sp³-hybridized carbons (Fsp3) is 0.333. The first kappa shape index (κ1) is 51.6. The summed E-state index contributed by atoms with van der Waals surface area (Å²) >= 11 is 2.43. The van der Waals surface area contributed by atoms with Gasteiger partial charge in [-0.05, 0) is 136 Å². The Morgan fingerprint density at radius 1 is 0.684 bits per heavy atom. The van der Waals surface area contributed by atoms with Gasteiger partial charge in [0.05, 0.1) is 9.49 Å². The summed E-state index contributed by atoms with van der Waals surface area (Å²) < 4.78 is 103. The molecule has 16 heteroatoms. The third-order valence-electron chi connectivity index (χ3n) is 16.2. The lowest BCUT2D eigenvalue weighted by Crippen LogP contribution is -2.50. The number of anilines is 2. The number of nitrogens with zero attached hydrogens (tertiary/aromatic N) is 3. The molecule has 394 valence electrons. The maximum atomic E-state index is 15.6. The number of amides is 2. The van der Waals surface area contributed by atoms with Gasteiger partial charge in [-0.1, -0.05) is 54.6 Å². The van der Waals surface area contributed by atoms with E-state index in [1.54, 1.807) is 69.3 Å². The van der Waals surface area contributed by atoms with Gasteiger partial charge in [0.2, 0.25) is 0 Å². The minimum atomic E-state index is -5.60. The van der Waals surface area contributed by atoms with Gasteiger partial charge in [-0.25, -0.2) is 0 Å². The molecule has 8 nitrogen and oxygen atoms in total. The molecule has 2 unspecified atom stereocenters. The highest BCUT2D eigenvalue weighted by molar-refractivity contribution is 8.12. The zero-order chi connectivity index (χ0) is 53.9. The Morgan fingerprint density at radius 2 is 1.24 bits per heavy atom. The van der Waals surface area contributed by atoms with Crippen molar-refractivity contribution in [2.75, 3.05) is 49.1 Å². The molecule has 11 rings (SSSR count). The van der Waals surface area contributed by atoms with E-state index < -0.39 is 43.9 Å². The Hall–Kier alpha value is -6.52. The van der Waals surface area contributed by atoms with Crippen LogP contribution in [0.5, 0.6) is 17.2 Å². The molecule has 1 fully saturated rings. The lowest BCUT2D eigenvalue weighted by atomic mass is 9.71. The topological polar surface area (TPSA) is 74.4 Å². The number of carbonyl (C=O) groups excluding carboxylic acids is 2. The van der Waals surface area contributed by atoms with Gasteiger partial charge in [0, 0.05) is 101 Å². The summed E-state index contributed by atoms with van der Waals surface area (Å²) in [5, 5.41) is 3.06. The first-order chi connectivity index (χ1) is 36.2. The van der Waals surface area contributed by atoms with Gasteiger partial charge in [0.15, 0.2) is 0 Å². The Morgan fingerprint density at radius 3 is 1.82 bits per heavy atom. The quantitative estimate of drug-likeness (QED) is 0.110. The largest absolute Gasteiger partial charge is 0.489 e. The van der Waals surface area contributed by atoms with E-state index in [9.17, 15) is 9.59 Å². The molecule has 5 aromatic rings. The highest BCUT2D eigenvalue weighted by Crippen LogP contribution is 2.74. The maximum Gasteiger partial charge on any atom is 0.380 e. The Balaban J connectivity index is 0.792. The number of hydrogen-bond donors (Lipinski definition) is 1. The van der Waals surface area contributed by atoms with Crippen LogP contribution in [-0.4, -0.2) is 83.2 Å². The molecule has 0 aromatic heterocycles. The third-order valence-corrected chi connectivity index (χ3v) is 19.4. The van der Waals surface area contributed by atoms with Crippen molar-refractivity contribution in [3.63, 3.8) is 0 Å². The molecule has 0 radical (unpaired) electrons. The smallest absolute Gasteiger partial charge is 0.380 e. The number of alkyl halides is 6. The van der Waals surface area contributed by atoms with Crippen LogP contribution in [0, 0.1) is 0 Å². The summed E-state index contributed by atoms with van der Waals surface area (Å²) in [6.07, 6.45) is 2.72. The average molecular weight is 1080 g/mol. The number of hydrogen-bond acceptors (Lipinski definition) is 8. The summed E-state index contributed by atoms with van der Waals surface area (Å²) in [4.78, 5) is 35.9. The minimum absolute atomic E-state index is 0.142. The summed E-state index contributed by atoms with van der Waals surface area (Å²) in [5.41, 5.74) is 2.90. The van der Waals surface area contributed by atoms with E-state index in [-0.39, 0.29) is 42.7 Å². The van der Waals surface area contributed by atoms with Crippen molar-refractivity contribution in [3.05, 3.63) is 187 Å². The van der Waals surface area contributed by atoms with Gasteiger partial charge in [-0.15, -0.1) is 23.5 Å². The van der Waals surface area contributed by atoms with Crippen LogP contribution in [0.3, 0.4) is 0 Å². The van der Waals surface area contributed by atoms with Gasteiger partial charge in [-0.2, -0.15) is 26.3 Å². The molecule has 1 spiro atoms. The van der Waals surface area contributed by atoms with E-state index in [0.717, 1.165) is 59.8 Å². The highest BCUT2D eigenvalue weighted by Gasteiger charge is 2.84. The van der Waals surface area contributed by atoms with E-state index in [2.05, 4.69) is 79.2 Å². The second-order valence-corrected chi connectivity index (χ2v) is 23.2. The molecule has 1 saturated carbocycles. The zero-order valence-corrected chi connectivity index (χ0v) is 44.7. The van der Waals surface area contributed by atoms with E-state index in [0.29, 0.717) is 43.7 Å². The molecule has 76 heavy (non-hydrogen) atoms. The predicted octanol–water partition coefficient (Wildman–Crippen LogP) is 14.0. The second-order valence-electron chi connectivity index (χ2n) is 20.1. The van der Waals surface area contributed by atoms with Crippen molar-refractivity contribution in [3.8, 4) is 17.2 Å². The first-order valence-corrected chi connectivity index (χ1v) is 27.3. The monoisotopic (exact) mass is 1070 g/mol. The van der Waals surface area contributed by atoms with Crippen molar-refractivity contribution >= 4 is 51.6 Å². The SMILES string of the molecule is CCN(CC)c1ccc2c(c1)Oc1cc(N(CC)CC)ccc1C21c2ccccc2C(=O)N1CCNC(=O)c1ccc(COc2ccc(C3=CC4=C5C(=C6C=C(C)SC6(C)C4(C)S3)C(F)(F)C(F)(F)C5(F)F)cc2)cc1. The lowest BCUT2D eigenvalue weighted by molar-refractivity contribution is -0.258. The van der Waals surface area contributed by atoms with Gasteiger partial charge in [0.1, 0.15) is 29.4 Å². The Bertz CT molecular complexity index is 3300. The van der Waals surface area contributed by atoms with E-state index in [1.165, 1.54) is 35.7 Å². The maximum absolute atomic E-state index is 15.6. The molecule has 0 saturated heterocycles. The molecule has 2 aliphatic carbocycles. The number of benzene rings is 5. The number of allylic oxidation sites excluding steroid dienone is 5. The van der Waals surface area contributed by atoms with E-state index in [4.69, 9.17) is 9.47 Å². The number of ether oxygens (including phenoxy) is 2. The summed E-state index contributed by atoms with van der Waals surface area (Å²) in [6, 6.07) is 33.9. The predicted molar refractivity (Wildman–Crippen MR) is 290 cm³/mol. The molecular formula is C60H56F6N4O4S2. The fourth-order valence-electron chi connectivity index (χ4n) is 12.1. The molecule has 4 aliphatic heterocycles. The first-order valence-electron chi connectivity index (χ1n) is 25.6. The van der Waals surface area contributed by atoms with Crippen LogP contribution in [0.1, 0.15) is 97.0 Å². The van der Waals surface area contributed by atoms with Crippen molar-refractivity contribution in [2.24, 2.45) is 0 Å². The fourth-order valence-corrected chi connectivity index (χ4v) is 15.2. The molecular weight excluding hydrogens is 1020 g/mol. The molecule has 0 bridgehead atoms. The normalized spacial score (nSPS) is 22.5. The molecule has 5 aromatic carbocycles. The number of halogens is 6. The molecule has 1 N–H and O–H groups in total. The van der Waals surface area contributed by atoms with Gasteiger partial charge < -0.3 is 29.5 Å². The molecule has 4 heterocycles. The second kappa shape index (κ2) is 18.3. The van der Waals surface area contributed by atoms with Gasteiger partial charge in [-0.3, -0.25) is 9.59 Å². The minimum Gasteiger partial charge on any atom is -0.489 e. The van der Waals surface area contributed by atoms with Crippen LogP contribution >= 0.6 is 23.5 Å². The molecule has 2 atom stereocenters. The van der Waals surface area contributed by atoms with Crippen LogP contribution in [0.15, 0.2) is 149 Å². The number of rotatable bonds is 14. The Kier molecular flexibility index (Phi) is 12.4. The highest BCUT2D eigenvalue weighted by atomic mass is 32.2. The standard InChI is InChI=1S/C60H56F6N4O4S2/c1-8-68(9-2)39-22-26-44-48(31-39)74-49-32-40(69(10-3)11-4)23-27-45(49)57(44)43-15-13-12-14-42(43)54(72)70(57)29-28-67-53(71)38-18-16-36(17-19-38)34-73-41-24-20-37(21-25-41)50-33-47-52-51(58(61,62)60(65,66)59(52,63)64)46-30-35(5)75-55(46,6)56(47,7)76-50/h12-27,30-33H,8-11,28-29,34H2,1-7H3,(H,67,71). The van der Waals surface area contributed by atoms with Crippen LogP contribution < -0.4 is 24.6 Å². The summed E-state index contributed by atoms with van der Waals surface area (Å²) in [5.74, 6) is -14.4. The number of nitrogens with one attached hydrogen (secondary N) is 1. The van der Waals surface area contributed by atoms with Crippen molar-refractivity contribution in [1.82, 2.24) is 10.2 Å². The van der Waals surface area contributed by atoms with E-state index in [1.807, 2.05) is 29.2 Å². The van der Waals surface area contributed by atoms with E-state index >= 15 is 26.3 Å². The summed E-state index contributed by atoms with van der Waals surface area (Å²) in [6.45, 7) is 17.2. The summed E-state index contributed by atoms with van der Waals surface area (Å²) in [7, 11) is 0. The van der Waals surface area contributed by atoms with Crippen LogP contribution in [-0.2, 0) is 12.1 Å². The molecule has 6 aliphatic rings. The average Bonchev–Trinajstić information content (AvgIpc) is 4.27. The van der Waals surface area contributed by atoms with Gasteiger partial charge in [0.25, 0.3) is 11.8 Å². The van der Waals surface area contributed by atoms with Crippen LogP contribution in [0.25, 0.3) is 4.91 Å². The van der Waals surface area contributed by atoms with Crippen LogP contribution in [0.4, 0.5) is 37.7 Å².